The molecule has 0 unspecified atom stereocenters. The van der Waals surface area contributed by atoms with Crippen LogP contribution in [0.2, 0.25) is 0 Å². The van der Waals surface area contributed by atoms with Gasteiger partial charge in [-0.2, -0.15) is 4.72 Å². The van der Waals surface area contributed by atoms with E-state index >= 15 is 0 Å². The van der Waals surface area contributed by atoms with Crippen LogP contribution in [0.4, 0.5) is 4.39 Å². The minimum atomic E-state index is -4.38. The number of nitrogens with two attached hydrogens (primary N) is 1. The highest BCUT2D eigenvalue weighted by atomic mass is 79.9. The fourth-order valence-corrected chi connectivity index (χ4v) is 3.08. The Labute approximate surface area is 128 Å². The molecule has 0 spiro atoms. The summed E-state index contributed by atoms with van der Waals surface area (Å²) < 4.78 is 39.8. The Balaban J connectivity index is 3.00. The van der Waals surface area contributed by atoms with Crippen molar-refractivity contribution >= 4 is 37.8 Å². The van der Waals surface area contributed by atoms with Crippen molar-refractivity contribution in [2.24, 2.45) is 5.73 Å². The summed E-state index contributed by atoms with van der Waals surface area (Å²) in [7, 11) is -4.38. The quantitative estimate of drug-likeness (QED) is 0.635. The van der Waals surface area contributed by atoms with Crippen molar-refractivity contribution < 1.29 is 27.5 Å². The molecule has 0 aliphatic rings. The van der Waals surface area contributed by atoms with Crippen molar-refractivity contribution in [3.8, 4) is 0 Å². The molecular formula is C11H12BrFN2O5S. The topological polar surface area (TPSA) is 127 Å². The lowest BCUT2D eigenvalue weighted by molar-refractivity contribution is -0.139. The number of carboxylic acids is 1. The number of carboxylic acid groups (broad SMARTS) is 1. The highest BCUT2D eigenvalue weighted by Gasteiger charge is 2.27. The van der Waals surface area contributed by atoms with Crippen molar-refractivity contribution in [3.63, 3.8) is 0 Å². The number of hydrogen-bond donors (Lipinski definition) is 3. The van der Waals surface area contributed by atoms with E-state index in [4.69, 9.17) is 10.8 Å². The predicted octanol–water partition coefficient (Wildman–Crippen LogP) is 0.585. The second kappa shape index (κ2) is 6.96. The van der Waals surface area contributed by atoms with Gasteiger partial charge in [0.1, 0.15) is 16.8 Å². The van der Waals surface area contributed by atoms with E-state index in [0.29, 0.717) is 4.47 Å². The zero-order chi connectivity index (χ0) is 16.2. The summed E-state index contributed by atoms with van der Waals surface area (Å²) in [6, 6.07) is 1.66. The SMILES string of the molecule is NC(=O)CC[C@H](NS(=O)(=O)c1ccc(Br)cc1F)C(=O)O. The molecule has 10 heteroatoms. The summed E-state index contributed by atoms with van der Waals surface area (Å²) >= 11 is 2.98. The number of carbonyl (C=O) groups excluding carboxylic acids is 1. The third-order valence-electron chi connectivity index (χ3n) is 2.46. The van der Waals surface area contributed by atoms with Gasteiger partial charge in [0.2, 0.25) is 15.9 Å². The van der Waals surface area contributed by atoms with E-state index in [0.717, 1.165) is 12.1 Å². The van der Waals surface area contributed by atoms with Crippen molar-refractivity contribution in [3.05, 3.63) is 28.5 Å². The number of sulfonamides is 1. The first kappa shape index (κ1) is 17.5. The van der Waals surface area contributed by atoms with Gasteiger partial charge in [0, 0.05) is 10.9 Å². The van der Waals surface area contributed by atoms with Gasteiger partial charge in [-0.25, -0.2) is 12.8 Å². The lowest BCUT2D eigenvalue weighted by Gasteiger charge is -2.14. The van der Waals surface area contributed by atoms with E-state index in [1.807, 2.05) is 4.72 Å². The molecule has 0 saturated heterocycles. The van der Waals surface area contributed by atoms with Crippen molar-refractivity contribution in [1.29, 1.82) is 0 Å². The van der Waals surface area contributed by atoms with Crippen LogP contribution in [0.15, 0.2) is 27.6 Å². The van der Waals surface area contributed by atoms with E-state index in [2.05, 4.69) is 15.9 Å². The monoisotopic (exact) mass is 382 g/mol. The van der Waals surface area contributed by atoms with E-state index in [-0.39, 0.29) is 12.8 Å². The maximum Gasteiger partial charge on any atom is 0.321 e. The number of rotatable bonds is 7. The summed E-state index contributed by atoms with van der Waals surface area (Å²) in [6.45, 7) is 0. The lowest BCUT2D eigenvalue weighted by Crippen LogP contribution is -2.41. The van der Waals surface area contributed by atoms with Crippen LogP contribution < -0.4 is 10.5 Å². The number of halogens is 2. The number of hydrogen-bond acceptors (Lipinski definition) is 4. The van der Waals surface area contributed by atoms with Crippen LogP contribution >= 0.6 is 15.9 Å². The zero-order valence-electron chi connectivity index (χ0n) is 10.5. The molecule has 1 aromatic carbocycles. The molecule has 0 heterocycles. The Bertz CT molecular complexity index is 665. The summed E-state index contributed by atoms with van der Waals surface area (Å²) in [6.07, 6.45) is -0.648. The third-order valence-corrected chi connectivity index (χ3v) is 4.46. The zero-order valence-corrected chi connectivity index (χ0v) is 12.9. The summed E-state index contributed by atoms with van der Waals surface area (Å²) in [5.41, 5.74) is 4.88. The molecular weight excluding hydrogens is 371 g/mol. The molecule has 0 fully saturated rings. The second-order valence-electron chi connectivity index (χ2n) is 4.09. The average Bonchev–Trinajstić information content (AvgIpc) is 2.33. The van der Waals surface area contributed by atoms with Gasteiger partial charge in [-0.05, 0) is 24.6 Å². The number of carbonyl (C=O) groups is 2. The fourth-order valence-electron chi connectivity index (χ4n) is 1.46. The van der Waals surface area contributed by atoms with Gasteiger partial charge in [0.05, 0.1) is 0 Å². The Kier molecular flexibility index (Phi) is 5.81. The van der Waals surface area contributed by atoms with E-state index in [1.54, 1.807) is 0 Å². The molecule has 0 bridgehead atoms. The molecule has 7 nitrogen and oxygen atoms in total. The Morgan fingerprint density at radius 1 is 1.43 bits per heavy atom. The average molecular weight is 383 g/mol. The van der Waals surface area contributed by atoms with Crippen LogP contribution in [0.1, 0.15) is 12.8 Å². The van der Waals surface area contributed by atoms with Crippen LogP contribution in [-0.4, -0.2) is 31.4 Å². The van der Waals surface area contributed by atoms with Crippen LogP contribution in [-0.2, 0) is 19.6 Å². The van der Waals surface area contributed by atoms with Crippen LogP contribution in [0.3, 0.4) is 0 Å². The molecule has 0 saturated carbocycles. The van der Waals surface area contributed by atoms with E-state index in [1.165, 1.54) is 6.07 Å². The molecule has 1 aromatic rings. The summed E-state index contributed by atoms with van der Waals surface area (Å²) in [4.78, 5) is 20.9. The molecule has 0 radical (unpaired) electrons. The predicted molar refractivity (Wildman–Crippen MR) is 74.3 cm³/mol. The molecule has 1 rings (SSSR count). The van der Waals surface area contributed by atoms with Crippen molar-refractivity contribution in [1.82, 2.24) is 4.72 Å². The maximum absolute atomic E-state index is 13.6. The number of amides is 1. The lowest BCUT2D eigenvalue weighted by atomic mass is 10.2. The normalized spacial score (nSPS) is 12.9. The number of aliphatic carboxylic acids is 1. The van der Waals surface area contributed by atoms with Gasteiger partial charge in [-0.15, -0.1) is 0 Å². The number of benzene rings is 1. The first-order chi connectivity index (χ1) is 9.63. The van der Waals surface area contributed by atoms with Gasteiger partial charge in [-0.1, -0.05) is 15.9 Å². The fraction of sp³-hybridized carbons (Fsp3) is 0.273. The van der Waals surface area contributed by atoms with Gasteiger partial charge >= 0.3 is 5.97 Å². The minimum Gasteiger partial charge on any atom is -0.480 e. The molecule has 1 amide bonds. The number of nitrogens with one attached hydrogen (secondary N) is 1. The molecule has 4 N–H and O–H groups in total. The highest BCUT2D eigenvalue weighted by molar-refractivity contribution is 9.10. The van der Waals surface area contributed by atoms with Gasteiger partial charge in [0.15, 0.2) is 0 Å². The van der Waals surface area contributed by atoms with Gasteiger partial charge < -0.3 is 10.8 Å². The molecule has 116 valence electrons. The Morgan fingerprint density at radius 2 is 2.05 bits per heavy atom. The van der Waals surface area contributed by atoms with E-state index < -0.39 is 38.7 Å². The van der Waals surface area contributed by atoms with E-state index in [9.17, 15) is 22.4 Å². The first-order valence-corrected chi connectivity index (χ1v) is 7.89. The summed E-state index contributed by atoms with van der Waals surface area (Å²) in [5.74, 6) is -3.29. The maximum atomic E-state index is 13.6. The van der Waals surface area contributed by atoms with Crippen LogP contribution in [0.25, 0.3) is 0 Å². The van der Waals surface area contributed by atoms with Gasteiger partial charge in [-0.3, -0.25) is 9.59 Å². The van der Waals surface area contributed by atoms with Crippen LogP contribution in [0, 0.1) is 5.82 Å². The largest absolute Gasteiger partial charge is 0.480 e. The molecule has 0 aliphatic heterocycles. The van der Waals surface area contributed by atoms with Crippen LogP contribution in [0.5, 0.6) is 0 Å². The Morgan fingerprint density at radius 3 is 2.52 bits per heavy atom. The van der Waals surface area contributed by atoms with Crippen molar-refractivity contribution in [2.75, 3.05) is 0 Å². The Hall–Kier alpha value is -1.52. The minimum absolute atomic E-state index is 0.317. The first-order valence-electron chi connectivity index (χ1n) is 5.62. The highest BCUT2D eigenvalue weighted by Crippen LogP contribution is 2.19. The smallest absolute Gasteiger partial charge is 0.321 e. The second-order valence-corrected chi connectivity index (χ2v) is 6.69. The number of primary amides is 1. The summed E-state index contributed by atoms with van der Waals surface area (Å²) in [5, 5.41) is 8.93. The van der Waals surface area contributed by atoms with Crippen molar-refractivity contribution in [2.45, 2.75) is 23.8 Å². The molecule has 1 atom stereocenters. The molecule has 0 aliphatic carbocycles. The van der Waals surface area contributed by atoms with Gasteiger partial charge in [0.25, 0.3) is 0 Å². The molecule has 0 aromatic heterocycles. The third kappa shape index (κ3) is 5.06. The standard InChI is InChI=1S/C11H12BrFN2O5S/c12-6-1-3-9(7(13)5-6)21(19,20)15-8(11(17)18)2-4-10(14)16/h1,3,5,8,15H,2,4H2,(H2,14,16)(H,17,18)/t8-/m0/s1. The molecule has 21 heavy (non-hydrogen) atoms.